The van der Waals surface area contributed by atoms with Crippen LogP contribution < -0.4 is 4.90 Å². The molecule has 0 bridgehead atoms. The van der Waals surface area contributed by atoms with Crippen LogP contribution in [0.4, 0.5) is 11.4 Å². The molecule has 23 aromatic rings. The lowest BCUT2D eigenvalue weighted by molar-refractivity contribution is 0.666. The molecule has 0 radical (unpaired) electrons. The van der Waals surface area contributed by atoms with Crippen molar-refractivity contribution in [2.24, 2.45) is 0 Å². The zero-order valence-corrected chi connectivity index (χ0v) is 59.2. The van der Waals surface area contributed by atoms with Crippen LogP contribution in [0.1, 0.15) is 17.0 Å². The van der Waals surface area contributed by atoms with Gasteiger partial charge in [0.25, 0.3) is 0 Å². The van der Waals surface area contributed by atoms with Crippen molar-refractivity contribution in [3.05, 3.63) is 369 Å². The van der Waals surface area contributed by atoms with Crippen molar-refractivity contribution in [2.45, 2.75) is 12.0 Å². The highest BCUT2D eigenvalue weighted by molar-refractivity contribution is 6.19. The predicted molar refractivity (Wildman–Crippen MR) is 455 cm³/mol. The van der Waals surface area contributed by atoms with Crippen molar-refractivity contribution in [1.29, 1.82) is 0 Å². The molecule has 2 aliphatic rings. The van der Waals surface area contributed by atoms with Gasteiger partial charge in [-0.05, 0) is 179 Å². The maximum absolute atomic E-state index is 7.21. The standard InChI is InChI=1S/C102H61N5O3/c1-2-21-65(22-3-1)105-93-46-41-60(63-54-83-81-58-66(103-85-33-12-4-23-69(85)70-24-5-13-34-86(70)103)44-49-98(81)109-101(83)94(56-63)106-89-37-16-8-27-73(89)74-28-9-17-38-90(74)106)51-78(93)77-32-20-31-68(100(77)105)62-43-48-97-80(53-62)79-52-61(42-47-96(79)108-97)64-55-84-82-59-67(104-87-35-14-6-25-71(87)72-26-7-15-36-88(72)104)45-50-99(82)110-102(84)95(57-64)107-91-39-18-10-29-75(91)76-30-11-19-40-92(76)107/h1-59,78,93H. The Morgan fingerprint density at radius 3 is 1.09 bits per heavy atom. The number of para-hydroxylation sites is 10. The summed E-state index contributed by atoms with van der Waals surface area (Å²) in [7, 11) is 0. The molecular weight excluding hydrogens is 1340 g/mol. The van der Waals surface area contributed by atoms with Crippen molar-refractivity contribution < 1.29 is 13.3 Å². The molecule has 0 spiro atoms. The third-order valence-corrected chi connectivity index (χ3v) is 24.0. The second kappa shape index (κ2) is 22.5. The monoisotopic (exact) mass is 1400 g/mol. The number of allylic oxidation sites excluding steroid dienone is 2. The minimum atomic E-state index is -0.0141. The highest BCUT2D eigenvalue weighted by Gasteiger charge is 2.41. The third-order valence-electron chi connectivity index (χ3n) is 24.0. The lowest BCUT2D eigenvalue weighted by Crippen LogP contribution is -2.29. The zero-order valence-electron chi connectivity index (χ0n) is 59.2. The zero-order chi connectivity index (χ0) is 71.6. The molecule has 0 fully saturated rings. The molecule has 0 amide bonds. The molecule has 0 saturated carbocycles. The van der Waals surface area contributed by atoms with E-state index in [1.54, 1.807) is 0 Å². The fraction of sp³-hybridized carbons (Fsp3) is 0.0196. The van der Waals surface area contributed by atoms with Gasteiger partial charge in [0.15, 0.2) is 11.2 Å². The lowest BCUT2D eigenvalue weighted by Gasteiger charge is -2.30. The lowest BCUT2D eigenvalue weighted by atomic mass is 9.85. The maximum Gasteiger partial charge on any atom is 0.159 e. The molecule has 7 aromatic heterocycles. The number of furan rings is 3. The van der Waals surface area contributed by atoms with Crippen LogP contribution in [0.2, 0.25) is 0 Å². The number of aromatic nitrogens is 4. The van der Waals surface area contributed by atoms with E-state index in [2.05, 4.69) is 381 Å². The van der Waals surface area contributed by atoms with E-state index in [0.717, 1.165) is 161 Å². The van der Waals surface area contributed by atoms with Crippen LogP contribution in [0.3, 0.4) is 0 Å². The summed E-state index contributed by atoms with van der Waals surface area (Å²) in [5.41, 5.74) is 28.6. The van der Waals surface area contributed by atoms with E-state index >= 15 is 0 Å². The van der Waals surface area contributed by atoms with Crippen molar-refractivity contribution in [3.63, 3.8) is 0 Å². The SMILES string of the molecule is C1=CC2C(C=C1c1cc(-n3c4ccccc4c4ccccc43)c3oc4ccc(-n5c6ccccc6c6ccccc65)cc4c3c1)c1cccc(-c3ccc4oc5ccc(-c6cc(-n7c8ccccc8c8ccccc87)c7oc8ccc(-n9c%10ccccc%10c%10ccccc%109)cc8c7c6)cc5c4c3)c1N2c1ccccc1. The van der Waals surface area contributed by atoms with Gasteiger partial charge < -0.3 is 36.4 Å². The number of hydrogen-bond donors (Lipinski definition) is 0. The number of hydrogen-bond acceptors (Lipinski definition) is 4. The van der Waals surface area contributed by atoms with Gasteiger partial charge in [0.2, 0.25) is 0 Å². The fourth-order valence-corrected chi connectivity index (χ4v) is 19.3. The minimum absolute atomic E-state index is 0.000995. The first-order chi connectivity index (χ1) is 54.5. The summed E-state index contributed by atoms with van der Waals surface area (Å²) in [4.78, 5) is 2.58. The van der Waals surface area contributed by atoms with Crippen LogP contribution in [0.25, 0.3) is 204 Å². The second-order valence-corrected chi connectivity index (χ2v) is 29.8. The van der Waals surface area contributed by atoms with Gasteiger partial charge in [0.1, 0.15) is 22.3 Å². The first-order valence-electron chi connectivity index (χ1n) is 37.8. The molecule has 512 valence electrons. The van der Waals surface area contributed by atoms with Crippen LogP contribution in [-0.4, -0.2) is 24.3 Å². The highest BCUT2D eigenvalue weighted by atomic mass is 16.3. The summed E-state index contributed by atoms with van der Waals surface area (Å²) < 4.78 is 30.9. The predicted octanol–water partition coefficient (Wildman–Crippen LogP) is 27.4. The molecule has 0 saturated heterocycles. The Bertz CT molecular complexity index is 7800. The second-order valence-electron chi connectivity index (χ2n) is 29.8. The molecule has 0 N–H and O–H groups in total. The van der Waals surface area contributed by atoms with Gasteiger partial charge >= 0.3 is 0 Å². The first kappa shape index (κ1) is 59.6. The van der Waals surface area contributed by atoms with E-state index in [4.69, 9.17) is 13.3 Å². The molecule has 2 atom stereocenters. The Morgan fingerprint density at radius 1 is 0.245 bits per heavy atom. The first-order valence-corrected chi connectivity index (χ1v) is 37.8. The molecule has 110 heavy (non-hydrogen) atoms. The summed E-state index contributed by atoms with van der Waals surface area (Å²) in [5, 5.41) is 16.0. The molecule has 8 nitrogen and oxygen atoms in total. The van der Waals surface area contributed by atoms with E-state index in [0.29, 0.717) is 0 Å². The average Bonchev–Trinajstić information content (AvgIpc) is 1.57. The quantitative estimate of drug-likeness (QED) is 0.152. The summed E-state index contributed by atoms with van der Waals surface area (Å²) in [6.45, 7) is 0. The third kappa shape index (κ3) is 8.38. The van der Waals surface area contributed by atoms with Crippen LogP contribution in [0, 0.1) is 0 Å². The Hall–Kier alpha value is -14.6. The van der Waals surface area contributed by atoms with Crippen LogP contribution in [0.5, 0.6) is 0 Å². The van der Waals surface area contributed by atoms with Gasteiger partial charge in [0, 0.05) is 104 Å². The molecule has 25 rings (SSSR count). The number of nitrogens with zero attached hydrogens (tertiary/aromatic N) is 5. The topological polar surface area (TPSA) is 62.4 Å². The van der Waals surface area contributed by atoms with Gasteiger partial charge in [-0.1, -0.05) is 212 Å². The average molecular weight is 1400 g/mol. The normalized spacial score (nSPS) is 14.5. The molecule has 8 heterocycles. The Balaban J connectivity index is 0.652. The number of anilines is 2. The number of fused-ring (bicyclic) bond motifs is 24. The van der Waals surface area contributed by atoms with Gasteiger partial charge in [-0.2, -0.15) is 0 Å². The van der Waals surface area contributed by atoms with Gasteiger partial charge in [0.05, 0.1) is 67.2 Å². The van der Waals surface area contributed by atoms with Crippen LogP contribution in [0.15, 0.2) is 371 Å². The largest absolute Gasteiger partial charge is 0.456 e. The van der Waals surface area contributed by atoms with E-state index in [-0.39, 0.29) is 12.0 Å². The molecule has 1 aliphatic carbocycles. The summed E-state index contributed by atoms with van der Waals surface area (Å²) >= 11 is 0. The van der Waals surface area contributed by atoms with E-state index in [1.165, 1.54) is 65.4 Å². The van der Waals surface area contributed by atoms with Gasteiger partial charge in [-0.15, -0.1) is 0 Å². The van der Waals surface area contributed by atoms with Crippen LogP contribution in [-0.2, 0) is 0 Å². The summed E-state index contributed by atoms with van der Waals surface area (Å²) in [5.74, 6) is -0.000995. The van der Waals surface area contributed by atoms with E-state index < -0.39 is 0 Å². The van der Waals surface area contributed by atoms with E-state index in [9.17, 15) is 0 Å². The minimum Gasteiger partial charge on any atom is -0.456 e. The van der Waals surface area contributed by atoms with Gasteiger partial charge in [-0.25, -0.2) is 0 Å². The Labute approximate surface area is 628 Å². The van der Waals surface area contributed by atoms with Crippen LogP contribution >= 0.6 is 0 Å². The fourth-order valence-electron chi connectivity index (χ4n) is 19.3. The summed E-state index contributed by atoms with van der Waals surface area (Å²) in [6, 6.07) is 124. The van der Waals surface area contributed by atoms with Crippen molar-refractivity contribution in [2.75, 3.05) is 4.90 Å². The van der Waals surface area contributed by atoms with Crippen molar-refractivity contribution >= 4 is 170 Å². The number of rotatable bonds is 8. The maximum atomic E-state index is 7.21. The highest BCUT2D eigenvalue weighted by Crippen LogP contribution is 2.55. The molecule has 2 unspecified atom stereocenters. The van der Waals surface area contributed by atoms with E-state index in [1.807, 2.05) is 0 Å². The van der Waals surface area contributed by atoms with Gasteiger partial charge in [-0.3, -0.25) is 0 Å². The smallest absolute Gasteiger partial charge is 0.159 e. The molecule has 16 aromatic carbocycles. The molecule has 8 heteroatoms. The Morgan fingerprint density at radius 2 is 0.618 bits per heavy atom. The van der Waals surface area contributed by atoms with Crippen molar-refractivity contribution in [3.8, 4) is 45.0 Å². The van der Waals surface area contributed by atoms with Crippen molar-refractivity contribution in [1.82, 2.24) is 18.3 Å². The molecular formula is C102H61N5O3. The summed E-state index contributed by atoms with van der Waals surface area (Å²) in [6.07, 6.45) is 7.36. The number of benzene rings is 16. The Kier molecular flexibility index (Phi) is 12.2. The molecule has 1 aliphatic heterocycles.